The summed E-state index contributed by atoms with van der Waals surface area (Å²) in [5, 5.41) is 5.50. The van der Waals surface area contributed by atoms with Gasteiger partial charge in [-0.15, -0.1) is 0 Å². The molecule has 0 aliphatic rings. The maximum Gasteiger partial charge on any atom is 0.179 e. The van der Waals surface area contributed by atoms with Gasteiger partial charge in [-0.05, 0) is 32.9 Å². The molecule has 0 saturated heterocycles. The Kier molecular flexibility index (Phi) is 4.90. The minimum Gasteiger partial charge on any atom is -0.497 e. The Hall–Kier alpha value is -3.10. The topological polar surface area (TPSA) is 9.23 Å². The molecule has 132 valence electrons. The highest BCUT2D eigenvalue weighted by Crippen LogP contribution is 2.13. The molecule has 0 spiro atoms. The van der Waals surface area contributed by atoms with Crippen molar-refractivity contribution in [2.75, 3.05) is 7.11 Å². The Morgan fingerprint density at radius 3 is 1.11 bits per heavy atom. The number of rotatable bonds is 5. The first kappa shape index (κ1) is 17.3. The van der Waals surface area contributed by atoms with Gasteiger partial charge in [0.15, 0.2) is 8.07 Å². The van der Waals surface area contributed by atoms with Gasteiger partial charge in [-0.1, -0.05) is 103 Å². The van der Waals surface area contributed by atoms with Crippen LogP contribution in [0.4, 0.5) is 0 Å². The molecule has 0 aliphatic carbocycles. The van der Waals surface area contributed by atoms with Crippen molar-refractivity contribution in [1.82, 2.24) is 0 Å². The van der Waals surface area contributed by atoms with Crippen molar-refractivity contribution in [3.8, 4) is 5.75 Å². The Balaban J connectivity index is 2.09. The molecule has 0 N–H and O–H groups in total. The number of methoxy groups -OCH3 is 1. The van der Waals surface area contributed by atoms with Crippen molar-refractivity contribution >= 4 is 28.8 Å². The first-order valence-electron chi connectivity index (χ1n) is 9.17. The number of ether oxygens (including phenoxy) is 1. The highest BCUT2D eigenvalue weighted by atomic mass is 28.3. The quantitative estimate of drug-likeness (QED) is 0.390. The summed E-state index contributed by atoms with van der Waals surface area (Å²) >= 11 is 0. The summed E-state index contributed by atoms with van der Waals surface area (Å²) in [6.07, 6.45) is 0. The highest BCUT2D eigenvalue weighted by Gasteiger charge is 2.41. The van der Waals surface area contributed by atoms with Crippen LogP contribution in [0.5, 0.6) is 5.75 Å². The van der Waals surface area contributed by atoms with Crippen LogP contribution in [0.2, 0.25) is 0 Å². The molecule has 4 rings (SSSR count). The second kappa shape index (κ2) is 7.64. The van der Waals surface area contributed by atoms with E-state index in [1.54, 1.807) is 7.11 Å². The average Bonchev–Trinajstić information content (AvgIpc) is 2.77. The first-order valence-corrected chi connectivity index (χ1v) is 11.2. The summed E-state index contributed by atoms with van der Waals surface area (Å²) < 4.78 is 5.41. The van der Waals surface area contributed by atoms with Crippen LogP contribution in [0, 0.1) is 0 Å². The summed E-state index contributed by atoms with van der Waals surface area (Å²) in [4.78, 5) is 0. The van der Waals surface area contributed by atoms with Gasteiger partial charge in [0.05, 0.1) is 7.11 Å². The van der Waals surface area contributed by atoms with E-state index in [0.717, 1.165) is 5.75 Å². The molecule has 0 aliphatic heterocycles. The van der Waals surface area contributed by atoms with Crippen LogP contribution >= 0.6 is 0 Å². The Bertz CT molecular complexity index is 884. The lowest BCUT2D eigenvalue weighted by Crippen LogP contribution is -2.74. The normalized spacial score (nSPS) is 11.1. The van der Waals surface area contributed by atoms with E-state index >= 15 is 0 Å². The van der Waals surface area contributed by atoms with Crippen LogP contribution in [0.15, 0.2) is 115 Å². The smallest absolute Gasteiger partial charge is 0.179 e. The van der Waals surface area contributed by atoms with Gasteiger partial charge in [-0.3, -0.25) is 0 Å². The van der Waals surface area contributed by atoms with Crippen molar-refractivity contribution in [1.29, 1.82) is 0 Å². The molecule has 0 radical (unpaired) electrons. The zero-order chi connectivity index (χ0) is 18.5. The minimum absolute atomic E-state index is 0.885. The van der Waals surface area contributed by atoms with E-state index in [1.165, 1.54) is 20.7 Å². The van der Waals surface area contributed by atoms with Crippen LogP contribution in [0.1, 0.15) is 0 Å². The lowest BCUT2D eigenvalue weighted by Gasteiger charge is -2.34. The van der Waals surface area contributed by atoms with E-state index in [2.05, 4.69) is 115 Å². The Morgan fingerprint density at radius 2 is 0.778 bits per heavy atom. The predicted octanol–water partition coefficient (Wildman–Crippen LogP) is 3.07. The molecule has 0 unspecified atom stereocenters. The van der Waals surface area contributed by atoms with Gasteiger partial charge in [0.2, 0.25) is 0 Å². The monoisotopic (exact) mass is 366 g/mol. The minimum atomic E-state index is -2.39. The standard InChI is InChI=1S/C25H22OSi/c1-26-21-17-19-25(20-18-21)27(22-11-5-2-6-12-22,23-13-7-3-8-14-23)24-15-9-4-10-16-24/h2-20H,1H3. The van der Waals surface area contributed by atoms with Gasteiger partial charge in [0.1, 0.15) is 5.75 Å². The van der Waals surface area contributed by atoms with Gasteiger partial charge in [0.25, 0.3) is 0 Å². The van der Waals surface area contributed by atoms with Crippen molar-refractivity contribution in [3.05, 3.63) is 115 Å². The average molecular weight is 367 g/mol. The lowest BCUT2D eigenvalue weighted by atomic mass is 10.3. The van der Waals surface area contributed by atoms with Crippen LogP contribution in [0.3, 0.4) is 0 Å². The Morgan fingerprint density at radius 1 is 0.444 bits per heavy atom. The molecule has 0 fully saturated rings. The number of hydrogen-bond acceptors (Lipinski definition) is 1. The van der Waals surface area contributed by atoms with Crippen LogP contribution in [-0.4, -0.2) is 15.2 Å². The summed E-state index contributed by atoms with van der Waals surface area (Å²) in [6, 6.07) is 41.4. The van der Waals surface area contributed by atoms with E-state index in [4.69, 9.17) is 4.74 Å². The molecule has 0 atom stereocenters. The van der Waals surface area contributed by atoms with Crippen LogP contribution in [0.25, 0.3) is 0 Å². The van der Waals surface area contributed by atoms with E-state index in [1.807, 2.05) is 0 Å². The SMILES string of the molecule is COc1ccc([Si](c2ccccc2)(c2ccccc2)c2ccccc2)cc1. The zero-order valence-corrected chi connectivity index (χ0v) is 16.4. The van der Waals surface area contributed by atoms with Crippen molar-refractivity contribution in [2.45, 2.75) is 0 Å². The fourth-order valence-electron chi connectivity index (χ4n) is 3.91. The molecule has 27 heavy (non-hydrogen) atoms. The largest absolute Gasteiger partial charge is 0.497 e. The molecule has 0 heterocycles. The third-order valence-electron chi connectivity index (χ3n) is 5.14. The maximum atomic E-state index is 5.41. The number of benzene rings is 4. The molecule has 0 bridgehead atoms. The highest BCUT2D eigenvalue weighted by molar-refractivity contribution is 7.19. The molecule has 0 amide bonds. The van der Waals surface area contributed by atoms with E-state index in [0.29, 0.717) is 0 Å². The van der Waals surface area contributed by atoms with Gasteiger partial charge >= 0.3 is 0 Å². The van der Waals surface area contributed by atoms with Crippen molar-refractivity contribution < 1.29 is 4.74 Å². The van der Waals surface area contributed by atoms with E-state index in [-0.39, 0.29) is 0 Å². The Labute approximate surface area is 161 Å². The van der Waals surface area contributed by atoms with Crippen molar-refractivity contribution in [3.63, 3.8) is 0 Å². The second-order valence-corrected chi connectivity index (χ2v) is 10.4. The molecule has 4 aromatic rings. The molecule has 4 aromatic carbocycles. The second-order valence-electron chi connectivity index (χ2n) is 6.58. The van der Waals surface area contributed by atoms with Crippen molar-refractivity contribution in [2.24, 2.45) is 0 Å². The predicted molar refractivity (Wildman–Crippen MR) is 117 cm³/mol. The fraction of sp³-hybridized carbons (Fsp3) is 0.0400. The molecule has 0 aromatic heterocycles. The van der Waals surface area contributed by atoms with E-state index in [9.17, 15) is 0 Å². The third kappa shape index (κ3) is 3.09. The molecule has 0 saturated carbocycles. The van der Waals surface area contributed by atoms with Gasteiger partial charge < -0.3 is 4.74 Å². The number of hydrogen-bond donors (Lipinski definition) is 0. The summed E-state index contributed by atoms with van der Waals surface area (Å²) in [6.45, 7) is 0. The summed E-state index contributed by atoms with van der Waals surface area (Å²) in [7, 11) is -0.678. The van der Waals surface area contributed by atoms with Gasteiger partial charge in [-0.25, -0.2) is 0 Å². The van der Waals surface area contributed by atoms with Crippen LogP contribution < -0.4 is 25.5 Å². The molecular weight excluding hydrogens is 344 g/mol. The molecule has 2 heteroatoms. The van der Waals surface area contributed by atoms with E-state index < -0.39 is 8.07 Å². The third-order valence-corrected chi connectivity index (χ3v) is 9.94. The molecular formula is C25H22OSi. The summed E-state index contributed by atoms with van der Waals surface area (Å²) in [5.41, 5.74) is 0. The van der Waals surface area contributed by atoms with Gasteiger partial charge in [0, 0.05) is 0 Å². The van der Waals surface area contributed by atoms with Crippen LogP contribution in [-0.2, 0) is 0 Å². The fourth-order valence-corrected chi connectivity index (χ4v) is 8.65. The first-order chi connectivity index (χ1) is 13.4. The summed E-state index contributed by atoms with van der Waals surface area (Å²) in [5.74, 6) is 0.885. The maximum absolute atomic E-state index is 5.41. The van der Waals surface area contributed by atoms with Gasteiger partial charge in [-0.2, -0.15) is 0 Å². The lowest BCUT2D eigenvalue weighted by molar-refractivity contribution is 0.415. The molecule has 1 nitrogen and oxygen atoms in total. The zero-order valence-electron chi connectivity index (χ0n) is 15.4.